The van der Waals surface area contributed by atoms with Crippen LogP contribution in [0.15, 0.2) is 103 Å². The predicted octanol–water partition coefficient (Wildman–Crippen LogP) is 6.83. The Balaban J connectivity index is 1.36. The molecule has 0 radical (unpaired) electrons. The number of rotatable bonds is 9. The van der Waals surface area contributed by atoms with Crippen LogP contribution in [0.25, 0.3) is 22.0 Å². The van der Waals surface area contributed by atoms with Crippen molar-refractivity contribution in [1.29, 1.82) is 0 Å². The molecule has 7 nitrogen and oxygen atoms in total. The second-order valence-electron chi connectivity index (χ2n) is 9.28. The molecule has 0 aliphatic carbocycles. The maximum atomic E-state index is 13.4. The highest BCUT2D eigenvalue weighted by Gasteiger charge is 2.17. The van der Waals surface area contributed by atoms with Crippen LogP contribution < -0.4 is 15.4 Å². The van der Waals surface area contributed by atoms with Crippen molar-refractivity contribution < 1.29 is 14.3 Å². The number of amides is 2. The van der Waals surface area contributed by atoms with Crippen LogP contribution in [-0.2, 0) is 0 Å². The number of anilines is 1. The fourth-order valence-corrected chi connectivity index (χ4v) is 4.57. The Bertz CT molecular complexity index is 1640. The van der Waals surface area contributed by atoms with Crippen LogP contribution >= 0.6 is 0 Å². The van der Waals surface area contributed by atoms with Crippen molar-refractivity contribution in [3.8, 4) is 16.9 Å². The first-order chi connectivity index (χ1) is 19.6. The van der Waals surface area contributed by atoms with E-state index in [1.165, 1.54) is 0 Å². The van der Waals surface area contributed by atoms with E-state index in [1.807, 2.05) is 80.6 Å². The zero-order valence-corrected chi connectivity index (χ0v) is 22.4. The highest BCUT2D eigenvalue weighted by molar-refractivity contribution is 6.09. The van der Waals surface area contributed by atoms with E-state index in [0.717, 1.165) is 22.2 Å². The summed E-state index contributed by atoms with van der Waals surface area (Å²) in [6, 6.07) is 28.0. The summed E-state index contributed by atoms with van der Waals surface area (Å²) >= 11 is 0. The molecule has 7 heteroatoms. The number of hydrogen-bond acceptors (Lipinski definition) is 5. The summed E-state index contributed by atoms with van der Waals surface area (Å²) in [6.45, 7) is 4.42. The predicted molar refractivity (Wildman–Crippen MR) is 157 cm³/mol. The van der Waals surface area contributed by atoms with E-state index in [9.17, 15) is 9.59 Å². The number of nitrogens with zero attached hydrogens (tertiary/aromatic N) is 2. The largest absolute Gasteiger partial charge is 0.494 e. The quantitative estimate of drug-likeness (QED) is 0.218. The summed E-state index contributed by atoms with van der Waals surface area (Å²) in [4.78, 5) is 35.3. The molecule has 2 aromatic heterocycles. The standard InChI is InChI=1S/C33H30N4O3/c1-3-29(30-12-8-9-17-34-30)37-32(38)24-18-23-13-14-25(19-31(23)35-21-24)36-33(39)28-20-26(40-4-2)15-16-27(28)22-10-6-5-7-11-22/h5-21,29H,3-4H2,1-2H3,(H,36,39)(H,37,38). The second kappa shape index (κ2) is 12.2. The van der Waals surface area contributed by atoms with E-state index >= 15 is 0 Å². The Kier molecular flexibility index (Phi) is 8.11. The Morgan fingerprint density at radius 1 is 0.850 bits per heavy atom. The van der Waals surface area contributed by atoms with Crippen molar-refractivity contribution >= 4 is 28.4 Å². The molecule has 0 bridgehead atoms. The van der Waals surface area contributed by atoms with Crippen LogP contribution in [0.4, 0.5) is 5.69 Å². The fourth-order valence-electron chi connectivity index (χ4n) is 4.57. The smallest absolute Gasteiger partial charge is 0.256 e. The molecule has 1 unspecified atom stereocenters. The van der Waals surface area contributed by atoms with Crippen LogP contribution in [-0.4, -0.2) is 28.4 Å². The lowest BCUT2D eigenvalue weighted by Gasteiger charge is -2.16. The topological polar surface area (TPSA) is 93.2 Å². The molecule has 0 fully saturated rings. The molecule has 0 aliphatic rings. The number of pyridine rings is 2. The van der Waals surface area contributed by atoms with Gasteiger partial charge in [0.05, 0.1) is 35.0 Å². The highest BCUT2D eigenvalue weighted by atomic mass is 16.5. The number of ether oxygens (including phenoxy) is 1. The van der Waals surface area contributed by atoms with Gasteiger partial charge in [0.15, 0.2) is 0 Å². The zero-order chi connectivity index (χ0) is 27.9. The van der Waals surface area contributed by atoms with Gasteiger partial charge in [0.1, 0.15) is 5.75 Å². The molecular weight excluding hydrogens is 500 g/mol. The zero-order valence-electron chi connectivity index (χ0n) is 22.4. The van der Waals surface area contributed by atoms with Gasteiger partial charge >= 0.3 is 0 Å². The summed E-state index contributed by atoms with van der Waals surface area (Å²) < 4.78 is 5.66. The van der Waals surface area contributed by atoms with Gasteiger partial charge < -0.3 is 15.4 Å². The summed E-state index contributed by atoms with van der Waals surface area (Å²) in [6.07, 6.45) is 3.98. The molecule has 5 rings (SSSR count). The second-order valence-corrected chi connectivity index (χ2v) is 9.28. The average molecular weight is 531 g/mol. The van der Waals surface area contributed by atoms with Gasteiger partial charge in [-0.15, -0.1) is 0 Å². The molecule has 2 amide bonds. The van der Waals surface area contributed by atoms with Gasteiger partial charge in [-0.3, -0.25) is 19.6 Å². The molecule has 2 N–H and O–H groups in total. The van der Waals surface area contributed by atoms with E-state index in [2.05, 4.69) is 20.6 Å². The number of carbonyl (C=O) groups is 2. The van der Waals surface area contributed by atoms with Crippen LogP contribution in [0.3, 0.4) is 0 Å². The summed E-state index contributed by atoms with van der Waals surface area (Å²) in [7, 11) is 0. The summed E-state index contributed by atoms with van der Waals surface area (Å²) in [5.74, 6) is 0.162. The van der Waals surface area contributed by atoms with E-state index < -0.39 is 0 Å². The normalized spacial score (nSPS) is 11.6. The first-order valence-corrected chi connectivity index (χ1v) is 13.3. The number of aromatic nitrogens is 2. The first-order valence-electron chi connectivity index (χ1n) is 13.3. The summed E-state index contributed by atoms with van der Waals surface area (Å²) in [5.41, 5.74) is 4.80. The van der Waals surface area contributed by atoms with Crippen molar-refractivity contribution in [2.45, 2.75) is 26.3 Å². The van der Waals surface area contributed by atoms with Crippen molar-refractivity contribution in [3.05, 3.63) is 120 Å². The third-order valence-electron chi connectivity index (χ3n) is 6.59. The van der Waals surface area contributed by atoms with E-state index in [4.69, 9.17) is 4.74 Å². The molecule has 5 aromatic rings. The van der Waals surface area contributed by atoms with E-state index in [0.29, 0.717) is 41.1 Å². The van der Waals surface area contributed by atoms with E-state index in [-0.39, 0.29) is 17.9 Å². The maximum absolute atomic E-state index is 13.4. The SMILES string of the molecule is CCOc1ccc(-c2ccccc2)c(C(=O)Nc2ccc3cc(C(=O)NC(CC)c4ccccn4)cnc3c2)c1. The van der Waals surface area contributed by atoms with Crippen molar-refractivity contribution in [2.75, 3.05) is 11.9 Å². The van der Waals surface area contributed by atoms with Crippen LogP contribution in [0, 0.1) is 0 Å². The van der Waals surface area contributed by atoms with E-state index in [1.54, 1.807) is 36.7 Å². The van der Waals surface area contributed by atoms with Crippen molar-refractivity contribution in [3.63, 3.8) is 0 Å². The minimum Gasteiger partial charge on any atom is -0.494 e. The molecule has 2 heterocycles. The number of benzene rings is 3. The molecule has 1 atom stereocenters. The fraction of sp³-hybridized carbons (Fsp3) is 0.152. The molecule has 200 valence electrons. The van der Waals surface area contributed by atoms with Crippen LogP contribution in [0.2, 0.25) is 0 Å². The Morgan fingerprint density at radius 2 is 1.68 bits per heavy atom. The molecule has 0 aliphatic heterocycles. The number of nitrogens with one attached hydrogen (secondary N) is 2. The van der Waals surface area contributed by atoms with Gasteiger partial charge in [-0.25, -0.2) is 0 Å². The number of hydrogen-bond donors (Lipinski definition) is 2. The number of carbonyl (C=O) groups excluding carboxylic acids is 2. The van der Waals surface area contributed by atoms with Gasteiger partial charge in [-0.2, -0.15) is 0 Å². The molecule has 0 saturated heterocycles. The van der Waals surface area contributed by atoms with Gasteiger partial charge in [0, 0.05) is 23.5 Å². The molecule has 40 heavy (non-hydrogen) atoms. The Morgan fingerprint density at radius 3 is 2.42 bits per heavy atom. The van der Waals surface area contributed by atoms with Gasteiger partial charge in [-0.05, 0) is 73.0 Å². The number of fused-ring (bicyclic) bond motifs is 1. The molecular formula is C33H30N4O3. The minimum atomic E-state index is -0.254. The third kappa shape index (κ3) is 5.99. The maximum Gasteiger partial charge on any atom is 0.256 e. The Hall–Kier alpha value is -5.04. The van der Waals surface area contributed by atoms with Crippen LogP contribution in [0.1, 0.15) is 52.7 Å². The lowest BCUT2D eigenvalue weighted by atomic mass is 9.98. The average Bonchev–Trinajstić information content (AvgIpc) is 3.00. The van der Waals surface area contributed by atoms with Gasteiger partial charge in [0.2, 0.25) is 0 Å². The Labute approximate surface area is 233 Å². The highest BCUT2D eigenvalue weighted by Crippen LogP contribution is 2.29. The minimum absolute atomic E-state index is 0.191. The van der Waals surface area contributed by atoms with Gasteiger partial charge in [0.25, 0.3) is 11.8 Å². The summed E-state index contributed by atoms with van der Waals surface area (Å²) in [5, 5.41) is 6.83. The molecule has 0 spiro atoms. The van der Waals surface area contributed by atoms with Crippen LogP contribution in [0.5, 0.6) is 5.75 Å². The lowest BCUT2D eigenvalue weighted by molar-refractivity contribution is 0.0933. The molecule has 0 saturated carbocycles. The van der Waals surface area contributed by atoms with Crippen molar-refractivity contribution in [2.24, 2.45) is 0 Å². The first kappa shape index (κ1) is 26.6. The van der Waals surface area contributed by atoms with Crippen molar-refractivity contribution in [1.82, 2.24) is 15.3 Å². The van der Waals surface area contributed by atoms with Gasteiger partial charge in [-0.1, -0.05) is 49.4 Å². The monoisotopic (exact) mass is 530 g/mol. The lowest BCUT2D eigenvalue weighted by Crippen LogP contribution is -2.28. The molecule has 3 aromatic carbocycles. The third-order valence-corrected chi connectivity index (χ3v) is 6.59.